The number of hydrogen-bond acceptors (Lipinski definition) is 0. The van der Waals surface area contributed by atoms with Crippen LogP contribution in [0.15, 0.2) is 30.9 Å². The Labute approximate surface area is 126 Å². The van der Waals surface area contributed by atoms with Crippen LogP contribution in [0.4, 0.5) is 8.78 Å². The predicted molar refractivity (Wildman–Crippen MR) is 82.1 cm³/mol. The van der Waals surface area contributed by atoms with E-state index in [2.05, 4.69) is 12.7 Å². The van der Waals surface area contributed by atoms with Crippen molar-refractivity contribution < 1.29 is 8.78 Å². The summed E-state index contributed by atoms with van der Waals surface area (Å²) in [6.07, 6.45) is 10.6. The number of benzene rings is 1. The molecule has 0 nitrogen and oxygen atoms in total. The van der Waals surface area contributed by atoms with Crippen LogP contribution < -0.4 is 0 Å². The van der Waals surface area contributed by atoms with Gasteiger partial charge in [0.1, 0.15) is 0 Å². The zero-order valence-corrected chi connectivity index (χ0v) is 12.5. The molecule has 0 heterocycles. The molecule has 0 saturated heterocycles. The summed E-state index contributed by atoms with van der Waals surface area (Å²) in [4.78, 5) is 0. The Bertz CT molecular complexity index is 492. The fourth-order valence-corrected chi connectivity index (χ4v) is 4.55. The molecule has 2 atom stereocenters. The summed E-state index contributed by atoms with van der Waals surface area (Å²) in [5, 5.41) is 0. The van der Waals surface area contributed by atoms with Crippen LogP contribution >= 0.6 is 0 Å². The molecule has 0 spiro atoms. The maximum absolute atomic E-state index is 13.4. The van der Waals surface area contributed by atoms with Gasteiger partial charge in [0.15, 0.2) is 11.6 Å². The Hall–Kier alpha value is -1.18. The first-order valence-electron chi connectivity index (χ1n) is 8.23. The first-order chi connectivity index (χ1) is 10.2. The van der Waals surface area contributed by atoms with Crippen LogP contribution in [0, 0.1) is 29.4 Å². The van der Waals surface area contributed by atoms with Gasteiger partial charge in [0.05, 0.1) is 0 Å². The molecule has 2 heteroatoms. The van der Waals surface area contributed by atoms with Crippen LogP contribution in [-0.2, 0) is 0 Å². The quantitative estimate of drug-likeness (QED) is 0.613. The fourth-order valence-electron chi connectivity index (χ4n) is 4.55. The second kappa shape index (κ2) is 6.29. The van der Waals surface area contributed by atoms with Crippen molar-refractivity contribution in [3.8, 4) is 0 Å². The molecule has 0 radical (unpaired) electrons. The molecule has 0 aromatic heterocycles. The lowest BCUT2D eigenvalue weighted by molar-refractivity contribution is 0.367. The van der Waals surface area contributed by atoms with Crippen molar-refractivity contribution >= 4 is 0 Å². The average Bonchev–Trinajstić information content (AvgIpc) is 2.74. The van der Waals surface area contributed by atoms with Gasteiger partial charge in [-0.3, -0.25) is 0 Å². The molecule has 0 aliphatic heterocycles. The smallest absolute Gasteiger partial charge is 0.159 e. The van der Waals surface area contributed by atoms with Crippen molar-refractivity contribution in [3.63, 3.8) is 0 Å². The molecule has 2 aliphatic carbocycles. The standard InChI is InChI=1S/C19H24F2/c1-2-3-13-10-15-6-4-14(5-7-16(15)11-13)17-8-9-18(20)19(21)12-17/h2,8-9,12-16H,1,3-7,10-11H2. The van der Waals surface area contributed by atoms with Crippen LogP contribution in [-0.4, -0.2) is 0 Å². The Morgan fingerprint density at radius 3 is 2.24 bits per heavy atom. The van der Waals surface area contributed by atoms with Gasteiger partial charge in [-0.05, 0) is 86.3 Å². The summed E-state index contributed by atoms with van der Waals surface area (Å²) in [7, 11) is 0. The van der Waals surface area contributed by atoms with Gasteiger partial charge < -0.3 is 0 Å². The second-order valence-electron chi connectivity index (χ2n) is 6.91. The Balaban J connectivity index is 1.65. The van der Waals surface area contributed by atoms with E-state index in [4.69, 9.17) is 0 Å². The minimum Gasteiger partial charge on any atom is -0.204 e. The van der Waals surface area contributed by atoms with E-state index >= 15 is 0 Å². The van der Waals surface area contributed by atoms with Gasteiger partial charge >= 0.3 is 0 Å². The van der Waals surface area contributed by atoms with E-state index in [1.54, 1.807) is 6.07 Å². The number of hydrogen-bond donors (Lipinski definition) is 0. The highest BCUT2D eigenvalue weighted by Crippen LogP contribution is 2.48. The molecule has 2 aliphatic rings. The lowest BCUT2D eigenvalue weighted by Crippen LogP contribution is -2.04. The van der Waals surface area contributed by atoms with Crippen molar-refractivity contribution in [2.75, 3.05) is 0 Å². The summed E-state index contributed by atoms with van der Waals surface area (Å²) >= 11 is 0. The topological polar surface area (TPSA) is 0 Å². The van der Waals surface area contributed by atoms with Gasteiger partial charge in [0, 0.05) is 0 Å². The summed E-state index contributed by atoms with van der Waals surface area (Å²) in [5.41, 5.74) is 0.983. The molecule has 3 rings (SSSR count). The van der Waals surface area contributed by atoms with Crippen molar-refractivity contribution in [2.24, 2.45) is 17.8 Å². The van der Waals surface area contributed by atoms with E-state index in [0.29, 0.717) is 5.92 Å². The summed E-state index contributed by atoms with van der Waals surface area (Å²) in [5.74, 6) is 1.47. The highest BCUT2D eigenvalue weighted by molar-refractivity contribution is 5.22. The van der Waals surface area contributed by atoms with Crippen LogP contribution in [0.2, 0.25) is 0 Å². The third-order valence-electron chi connectivity index (χ3n) is 5.63. The highest BCUT2D eigenvalue weighted by atomic mass is 19.2. The van der Waals surface area contributed by atoms with Crippen LogP contribution in [0.5, 0.6) is 0 Å². The largest absolute Gasteiger partial charge is 0.204 e. The fraction of sp³-hybridized carbons (Fsp3) is 0.579. The molecule has 114 valence electrons. The first-order valence-corrected chi connectivity index (χ1v) is 8.23. The number of allylic oxidation sites excluding steroid dienone is 1. The van der Waals surface area contributed by atoms with Crippen LogP contribution in [0.1, 0.15) is 56.4 Å². The number of fused-ring (bicyclic) bond motifs is 1. The van der Waals surface area contributed by atoms with E-state index in [1.807, 2.05) is 0 Å². The minimum absolute atomic E-state index is 0.406. The third kappa shape index (κ3) is 3.20. The molecule has 0 bridgehead atoms. The predicted octanol–water partition coefficient (Wildman–Crippen LogP) is 5.84. The maximum Gasteiger partial charge on any atom is 0.159 e. The van der Waals surface area contributed by atoms with Gasteiger partial charge in [0.25, 0.3) is 0 Å². The molecular formula is C19H24F2. The van der Waals surface area contributed by atoms with Crippen molar-refractivity contribution in [3.05, 3.63) is 48.1 Å². The molecule has 0 amide bonds. The van der Waals surface area contributed by atoms with Crippen LogP contribution in [0.25, 0.3) is 0 Å². The third-order valence-corrected chi connectivity index (χ3v) is 5.63. The molecule has 2 unspecified atom stereocenters. The molecule has 0 N–H and O–H groups in total. The van der Waals surface area contributed by atoms with E-state index in [9.17, 15) is 8.78 Å². The number of halogens is 2. The summed E-state index contributed by atoms with van der Waals surface area (Å²) in [6, 6.07) is 4.45. The van der Waals surface area contributed by atoms with Crippen molar-refractivity contribution in [1.82, 2.24) is 0 Å². The number of rotatable bonds is 3. The lowest BCUT2D eigenvalue weighted by Gasteiger charge is -2.16. The summed E-state index contributed by atoms with van der Waals surface area (Å²) < 4.78 is 26.5. The SMILES string of the molecule is C=CCC1CC2CCC(c3ccc(F)c(F)c3)CCC2C1. The first kappa shape index (κ1) is 14.7. The van der Waals surface area contributed by atoms with E-state index in [1.165, 1.54) is 37.8 Å². The molecule has 1 aromatic carbocycles. The van der Waals surface area contributed by atoms with Gasteiger partial charge in [-0.1, -0.05) is 12.1 Å². The minimum atomic E-state index is -0.739. The molecule has 21 heavy (non-hydrogen) atoms. The molecule has 2 fully saturated rings. The maximum atomic E-state index is 13.4. The lowest BCUT2D eigenvalue weighted by atomic mass is 9.89. The zero-order valence-electron chi connectivity index (χ0n) is 12.5. The Morgan fingerprint density at radius 1 is 1.00 bits per heavy atom. The van der Waals surface area contributed by atoms with E-state index < -0.39 is 11.6 Å². The Kier molecular flexibility index (Phi) is 4.42. The van der Waals surface area contributed by atoms with Gasteiger partial charge in [-0.25, -0.2) is 8.78 Å². The molecular weight excluding hydrogens is 266 g/mol. The van der Waals surface area contributed by atoms with Crippen molar-refractivity contribution in [1.29, 1.82) is 0 Å². The molecule has 1 aromatic rings. The van der Waals surface area contributed by atoms with Gasteiger partial charge in [0.2, 0.25) is 0 Å². The molecule has 2 saturated carbocycles. The van der Waals surface area contributed by atoms with E-state index in [0.717, 1.165) is 42.6 Å². The van der Waals surface area contributed by atoms with Gasteiger partial charge in [-0.15, -0.1) is 6.58 Å². The van der Waals surface area contributed by atoms with Gasteiger partial charge in [-0.2, -0.15) is 0 Å². The second-order valence-corrected chi connectivity index (χ2v) is 6.91. The summed E-state index contributed by atoms with van der Waals surface area (Å²) in [6.45, 7) is 3.86. The average molecular weight is 290 g/mol. The Morgan fingerprint density at radius 2 is 1.67 bits per heavy atom. The van der Waals surface area contributed by atoms with Crippen LogP contribution in [0.3, 0.4) is 0 Å². The highest BCUT2D eigenvalue weighted by Gasteiger charge is 2.36. The zero-order chi connectivity index (χ0) is 14.8. The normalized spacial score (nSPS) is 32.5. The monoisotopic (exact) mass is 290 g/mol. The van der Waals surface area contributed by atoms with E-state index in [-0.39, 0.29) is 0 Å². The van der Waals surface area contributed by atoms with Crippen molar-refractivity contribution in [2.45, 2.75) is 50.9 Å².